The molecule has 1 aromatic carbocycles. The van der Waals surface area contributed by atoms with Gasteiger partial charge in [0.05, 0.1) is 5.56 Å². The quantitative estimate of drug-likeness (QED) is 0.777. The van der Waals surface area contributed by atoms with Crippen LogP contribution in [0.3, 0.4) is 0 Å². The number of rotatable bonds is 4. The number of benzene rings is 1. The van der Waals surface area contributed by atoms with Crippen LogP contribution in [0, 0.1) is 5.82 Å². The summed E-state index contributed by atoms with van der Waals surface area (Å²) in [6, 6.07) is 6.86. The Labute approximate surface area is 118 Å². The Bertz CT molecular complexity index is 589. The van der Waals surface area contributed by atoms with Crippen molar-refractivity contribution >= 4 is 17.0 Å². The van der Waals surface area contributed by atoms with Crippen molar-refractivity contribution in [3.05, 3.63) is 51.5 Å². The van der Waals surface area contributed by atoms with Crippen LogP contribution < -0.4 is 5.32 Å². The molecule has 0 spiro atoms. The van der Waals surface area contributed by atoms with E-state index in [0.717, 1.165) is 23.4 Å². The van der Waals surface area contributed by atoms with Crippen molar-refractivity contribution in [2.45, 2.75) is 26.1 Å². The second-order valence-electron chi connectivity index (χ2n) is 4.27. The molecule has 0 radical (unpaired) electrons. The van der Waals surface area contributed by atoms with Gasteiger partial charge < -0.3 is 5.32 Å². The van der Waals surface area contributed by atoms with Gasteiger partial charge in [0.25, 0.3) is 0 Å². The van der Waals surface area contributed by atoms with Crippen molar-refractivity contribution in [3.8, 4) is 0 Å². The minimum absolute atomic E-state index is 0.255. The predicted molar refractivity (Wildman–Crippen MR) is 72.4 cm³/mol. The summed E-state index contributed by atoms with van der Waals surface area (Å²) in [7, 11) is 0. The Balaban J connectivity index is 2.10. The zero-order valence-electron chi connectivity index (χ0n) is 10.7. The number of aryl methyl sites for hydroxylation is 1. The molecule has 1 heterocycles. The lowest BCUT2D eigenvalue weighted by atomic mass is 10.2. The van der Waals surface area contributed by atoms with Crippen molar-refractivity contribution in [2.24, 2.45) is 0 Å². The van der Waals surface area contributed by atoms with Crippen LogP contribution in [0.25, 0.3) is 0 Å². The van der Waals surface area contributed by atoms with Gasteiger partial charge in [-0.15, -0.1) is 11.3 Å². The molecule has 0 saturated heterocycles. The van der Waals surface area contributed by atoms with E-state index in [0.29, 0.717) is 6.54 Å². The second-order valence-corrected chi connectivity index (χ2v) is 5.52. The number of anilines is 1. The van der Waals surface area contributed by atoms with Crippen LogP contribution in [0.1, 0.15) is 22.2 Å². The average molecular weight is 303 g/mol. The van der Waals surface area contributed by atoms with E-state index in [1.54, 1.807) is 11.3 Å². The summed E-state index contributed by atoms with van der Waals surface area (Å²) in [4.78, 5) is 2.25. The first-order chi connectivity index (χ1) is 9.40. The van der Waals surface area contributed by atoms with E-state index in [1.165, 1.54) is 10.9 Å². The third kappa shape index (κ3) is 3.50. The lowest BCUT2D eigenvalue weighted by molar-refractivity contribution is -0.139. The van der Waals surface area contributed by atoms with Gasteiger partial charge >= 0.3 is 6.18 Å². The molecular weight excluding hydrogens is 290 g/mol. The van der Waals surface area contributed by atoms with Gasteiger partial charge in [-0.25, -0.2) is 4.39 Å². The normalized spacial score (nSPS) is 11.7. The van der Waals surface area contributed by atoms with Crippen LogP contribution in [0.4, 0.5) is 23.2 Å². The fraction of sp³-hybridized carbons (Fsp3) is 0.286. The minimum atomic E-state index is -4.68. The summed E-state index contributed by atoms with van der Waals surface area (Å²) in [6.45, 7) is 2.46. The van der Waals surface area contributed by atoms with Crippen molar-refractivity contribution in [2.75, 3.05) is 5.32 Å². The average Bonchev–Trinajstić information content (AvgIpc) is 2.84. The van der Waals surface area contributed by atoms with Crippen LogP contribution in [0.15, 0.2) is 30.3 Å². The molecule has 108 valence electrons. The third-order valence-electron chi connectivity index (χ3n) is 2.80. The van der Waals surface area contributed by atoms with E-state index >= 15 is 0 Å². The van der Waals surface area contributed by atoms with E-state index in [4.69, 9.17) is 0 Å². The molecule has 6 heteroatoms. The summed E-state index contributed by atoms with van der Waals surface area (Å²) in [5, 5.41) is 2.88. The summed E-state index contributed by atoms with van der Waals surface area (Å²) in [5.74, 6) is -1.26. The first kappa shape index (κ1) is 14.8. The fourth-order valence-electron chi connectivity index (χ4n) is 1.75. The highest BCUT2D eigenvalue weighted by atomic mass is 32.1. The molecule has 0 bridgehead atoms. The lowest BCUT2D eigenvalue weighted by Crippen LogP contribution is -2.09. The van der Waals surface area contributed by atoms with Crippen LogP contribution in [0.5, 0.6) is 0 Å². The van der Waals surface area contributed by atoms with Gasteiger partial charge in [-0.3, -0.25) is 0 Å². The monoisotopic (exact) mass is 303 g/mol. The summed E-state index contributed by atoms with van der Waals surface area (Å²) >= 11 is 1.61. The molecule has 2 aromatic rings. The van der Waals surface area contributed by atoms with Gasteiger partial charge in [-0.2, -0.15) is 13.2 Å². The van der Waals surface area contributed by atoms with Crippen LogP contribution in [-0.2, 0) is 19.1 Å². The second kappa shape index (κ2) is 5.83. The Morgan fingerprint density at radius 1 is 1.10 bits per heavy atom. The van der Waals surface area contributed by atoms with E-state index in [2.05, 4.69) is 5.32 Å². The molecule has 0 aliphatic carbocycles. The summed E-state index contributed by atoms with van der Waals surface area (Å²) in [5.41, 5.74) is -0.992. The van der Waals surface area contributed by atoms with Gasteiger partial charge in [-0.1, -0.05) is 6.92 Å². The fourth-order valence-corrected chi connectivity index (χ4v) is 2.65. The van der Waals surface area contributed by atoms with Crippen LogP contribution >= 0.6 is 11.3 Å². The van der Waals surface area contributed by atoms with E-state index in [1.807, 2.05) is 19.1 Å². The number of hydrogen-bond acceptors (Lipinski definition) is 2. The molecule has 0 saturated carbocycles. The molecule has 0 unspecified atom stereocenters. The molecule has 0 aliphatic rings. The number of nitrogens with one attached hydrogen (secondary N) is 1. The molecule has 20 heavy (non-hydrogen) atoms. The standard InChI is InChI=1S/C14H13F4NS/c1-2-10-4-5-11(20-10)8-19-9-3-6-13(15)12(7-9)14(16,17)18/h3-7,19H,2,8H2,1H3. The highest BCUT2D eigenvalue weighted by Crippen LogP contribution is 2.33. The molecular formula is C14H13F4NS. The first-order valence-electron chi connectivity index (χ1n) is 6.08. The molecule has 1 aromatic heterocycles. The Hall–Kier alpha value is -1.56. The zero-order valence-corrected chi connectivity index (χ0v) is 11.5. The molecule has 0 amide bonds. The minimum Gasteiger partial charge on any atom is -0.380 e. The number of alkyl halides is 3. The smallest absolute Gasteiger partial charge is 0.380 e. The van der Waals surface area contributed by atoms with Crippen molar-refractivity contribution in [3.63, 3.8) is 0 Å². The van der Waals surface area contributed by atoms with E-state index < -0.39 is 17.6 Å². The SMILES string of the molecule is CCc1ccc(CNc2ccc(F)c(C(F)(F)F)c2)s1. The maximum absolute atomic E-state index is 13.1. The predicted octanol–water partition coefficient (Wildman–Crippen LogP) is 5.08. The zero-order chi connectivity index (χ0) is 14.8. The molecule has 2 rings (SSSR count). The third-order valence-corrected chi connectivity index (χ3v) is 4.03. The Kier molecular flexibility index (Phi) is 4.32. The number of thiophene rings is 1. The number of hydrogen-bond donors (Lipinski definition) is 1. The maximum atomic E-state index is 13.1. The Morgan fingerprint density at radius 2 is 1.80 bits per heavy atom. The van der Waals surface area contributed by atoms with Crippen molar-refractivity contribution in [1.82, 2.24) is 0 Å². The largest absolute Gasteiger partial charge is 0.419 e. The maximum Gasteiger partial charge on any atom is 0.419 e. The van der Waals surface area contributed by atoms with Gasteiger partial charge in [0.2, 0.25) is 0 Å². The molecule has 0 fully saturated rings. The summed E-state index contributed by atoms with van der Waals surface area (Å²) < 4.78 is 50.9. The molecule has 0 aliphatic heterocycles. The first-order valence-corrected chi connectivity index (χ1v) is 6.90. The number of halogens is 4. The lowest BCUT2D eigenvalue weighted by Gasteiger charge is -2.11. The van der Waals surface area contributed by atoms with Crippen LogP contribution in [0.2, 0.25) is 0 Å². The van der Waals surface area contributed by atoms with Gasteiger partial charge in [0.15, 0.2) is 0 Å². The van der Waals surface area contributed by atoms with Gasteiger partial charge in [0.1, 0.15) is 5.82 Å². The van der Waals surface area contributed by atoms with Crippen LogP contribution in [-0.4, -0.2) is 0 Å². The Morgan fingerprint density at radius 3 is 2.40 bits per heavy atom. The van der Waals surface area contributed by atoms with E-state index in [-0.39, 0.29) is 5.69 Å². The summed E-state index contributed by atoms with van der Waals surface area (Å²) in [6.07, 6.45) is -3.75. The molecule has 0 atom stereocenters. The van der Waals surface area contributed by atoms with E-state index in [9.17, 15) is 17.6 Å². The highest BCUT2D eigenvalue weighted by molar-refractivity contribution is 7.12. The van der Waals surface area contributed by atoms with Crippen molar-refractivity contribution in [1.29, 1.82) is 0 Å². The van der Waals surface area contributed by atoms with Gasteiger partial charge in [0, 0.05) is 22.0 Å². The topological polar surface area (TPSA) is 12.0 Å². The molecule has 1 nitrogen and oxygen atoms in total. The highest BCUT2D eigenvalue weighted by Gasteiger charge is 2.34. The van der Waals surface area contributed by atoms with Gasteiger partial charge in [-0.05, 0) is 36.8 Å². The van der Waals surface area contributed by atoms with Crippen molar-refractivity contribution < 1.29 is 17.6 Å². The molecule has 1 N–H and O–H groups in total.